The summed E-state index contributed by atoms with van der Waals surface area (Å²) in [6, 6.07) is 6.92. The van der Waals surface area contributed by atoms with Gasteiger partial charge in [0.15, 0.2) is 21.5 Å². The number of anilines is 1. The van der Waals surface area contributed by atoms with Crippen LogP contribution in [0.3, 0.4) is 0 Å². The number of carbonyl (C=O) groups excluding carboxylic acids is 1. The van der Waals surface area contributed by atoms with E-state index in [1.54, 1.807) is 0 Å². The van der Waals surface area contributed by atoms with E-state index in [0.717, 1.165) is 12.3 Å². The first-order valence-corrected chi connectivity index (χ1v) is 13.8. The number of nitrogens with one attached hydrogen (secondary N) is 1. The Morgan fingerprint density at radius 1 is 0.975 bits per heavy atom. The van der Waals surface area contributed by atoms with E-state index in [0.29, 0.717) is 17.9 Å². The third-order valence-electron chi connectivity index (χ3n) is 6.88. The third kappa shape index (κ3) is 4.39. The van der Waals surface area contributed by atoms with Gasteiger partial charge >= 0.3 is 0 Å². The molecule has 6 rings (SSSR count). The van der Waals surface area contributed by atoms with Crippen molar-refractivity contribution in [2.24, 2.45) is 0 Å². The maximum Gasteiger partial charge on any atom is 0.271 e. The van der Waals surface area contributed by atoms with Gasteiger partial charge in [0.2, 0.25) is 0 Å². The molecule has 0 radical (unpaired) electrons. The first-order chi connectivity index (χ1) is 19.0. The molecule has 3 aromatic carbocycles. The number of hydrogen-bond donors (Lipinski definition) is 1. The molecule has 4 aromatic rings. The van der Waals surface area contributed by atoms with Gasteiger partial charge in [-0.1, -0.05) is 0 Å². The molecule has 1 saturated heterocycles. The fourth-order valence-electron chi connectivity index (χ4n) is 5.10. The van der Waals surface area contributed by atoms with E-state index in [1.165, 1.54) is 29.3 Å². The van der Waals surface area contributed by atoms with Crippen molar-refractivity contribution in [1.82, 2.24) is 10.4 Å². The number of halogens is 5. The summed E-state index contributed by atoms with van der Waals surface area (Å²) in [6.45, 7) is 0.344. The topological polar surface area (TPSA) is 88.6 Å². The van der Waals surface area contributed by atoms with E-state index in [2.05, 4.69) is 10.4 Å². The van der Waals surface area contributed by atoms with Crippen LogP contribution >= 0.6 is 0 Å². The molecule has 1 aromatic heterocycles. The van der Waals surface area contributed by atoms with Crippen LogP contribution in [0.15, 0.2) is 48.7 Å². The Kier molecular flexibility index (Phi) is 6.13. The molecule has 2 aliphatic heterocycles. The highest BCUT2D eigenvalue weighted by Crippen LogP contribution is 2.40. The van der Waals surface area contributed by atoms with Gasteiger partial charge in [-0.15, -0.1) is 0 Å². The molecule has 7 nitrogen and oxygen atoms in total. The Hall–Kier alpha value is -4.26. The first-order valence-electron chi connectivity index (χ1n) is 12.0. The fourth-order valence-corrected chi connectivity index (χ4v) is 6.56. The maximum absolute atomic E-state index is 15.1. The second kappa shape index (κ2) is 9.44. The van der Waals surface area contributed by atoms with Crippen LogP contribution in [0.25, 0.3) is 22.0 Å². The third-order valence-corrected chi connectivity index (χ3v) is 8.70. The van der Waals surface area contributed by atoms with Gasteiger partial charge in [-0.2, -0.15) is 0 Å². The van der Waals surface area contributed by atoms with Crippen molar-refractivity contribution in [2.45, 2.75) is 5.92 Å². The van der Waals surface area contributed by atoms with Crippen molar-refractivity contribution >= 4 is 32.3 Å². The van der Waals surface area contributed by atoms with Gasteiger partial charge < -0.3 is 4.74 Å². The molecular weight excluding hydrogens is 557 g/mol. The van der Waals surface area contributed by atoms with Gasteiger partial charge in [-0.05, 0) is 35.9 Å². The van der Waals surface area contributed by atoms with E-state index in [4.69, 9.17) is 4.74 Å². The number of amides is 1. The molecule has 0 aliphatic carbocycles. The zero-order valence-electron chi connectivity index (χ0n) is 20.4. The van der Waals surface area contributed by atoms with Crippen LogP contribution < -0.4 is 15.2 Å². The standard InChI is InChI=1S/C27H18F5N3O4S/c28-14-1-4-22-21(9-14)35(5-6-39-22)34-27(36)18-10-33-26-16(23(18)13-11-40(37,38)12-13)2-3-19(30)24(26)17-7-15(29)8-20(31)25(17)32/h1-4,7-10,13H,5-6,11-12H2,(H,34,36). The Labute approximate surface area is 224 Å². The lowest BCUT2D eigenvalue weighted by Crippen LogP contribution is -2.47. The molecule has 1 amide bonds. The quantitative estimate of drug-likeness (QED) is 0.282. The largest absolute Gasteiger partial charge is 0.489 e. The van der Waals surface area contributed by atoms with Crippen LogP contribution in [0.1, 0.15) is 21.8 Å². The van der Waals surface area contributed by atoms with Gasteiger partial charge in [-0.3, -0.25) is 20.2 Å². The number of aromatic nitrogens is 1. The molecule has 1 N–H and O–H groups in total. The summed E-state index contributed by atoms with van der Waals surface area (Å²) in [6.07, 6.45) is 1.07. The molecule has 0 spiro atoms. The lowest BCUT2D eigenvalue weighted by atomic mass is 9.90. The summed E-state index contributed by atoms with van der Waals surface area (Å²) < 4.78 is 101. The predicted molar refractivity (Wildman–Crippen MR) is 135 cm³/mol. The number of rotatable bonds is 4. The van der Waals surface area contributed by atoms with E-state index in [-0.39, 0.29) is 52.4 Å². The van der Waals surface area contributed by atoms with E-state index < -0.39 is 61.9 Å². The van der Waals surface area contributed by atoms with Crippen LogP contribution in [-0.4, -0.2) is 44.0 Å². The summed E-state index contributed by atoms with van der Waals surface area (Å²) in [5.74, 6) is -7.48. The Balaban J connectivity index is 1.50. The Morgan fingerprint density at radius 3 is 2.50 bits per heavy atom. The molecule has 0 saturated carbocycles. The number of pyridine rings is 1. The minimum absolute atomic E-state index is 0.0553. The highest BCUT2D eigenvalue weighted by Gasteiger charge is 2.39. The summed E-state index contributed by atoms with van der Waals surface area (Å²) >= 11 is 0. The second-order valence-electron chi connectivity index (χ2n) is 9.48. The Morgan fingerprint density at radius 2 is 1.75 bits per heavy atom. The van der Waals surface area contributed by atoms with Crippen LogP contribution in [0.5, 0.6) is 5.75 Å². The number of benzene rings is 3. The maximum atomic E-state index is 15.1. The second-order valence-corrected chi connectivity index (χ2v) is 11.6. The molecule has 0 bridgehead atoms. The number of sulfone groups is 1. The average Bonchev–Trinajstić information content (AvgIpc) is 2.89. The zero-order valence-corrected chi connectivity index (χ0v) is 21.2. The smallest absolute Gasteiger partial charge is 0.271 e. The molecule has 2 aliphatic rings. The minimum atomic E-state index is -3.40. The monoisotopic (exact) mass is 575 g/mol. The van der Waals surface area contributed by atoms with E-state index in [9.17, 15) is 30.8 Å². The van der Waals surface area contributed by atoms with Gasteiger partial charge in [0.25, 0.3) is 5.91 Å². The van der Waals surface area contributed by atoms with Gasteiger partial charge in [0.05, 0.1) is 29.1 Å². The van der Waals surface area contributed by atoms with Crippen molar-refractivity contribution in [1.29, 1.82) is 0 Å². The first kappa shape index (κ1) is 26.0. The molecule has 1 fully saturated rings. The summed E-state index contributed by atoms with van der Waals surface area (Å²) in [4.78, 5) is 17.7. The van der Waals surface area contributed by atoms with Crippen LogP contribution in [0.2, 0.25) is 0 Å². The Bertz CT molecular complexity index is 1820. The molecule has 206 valence electrons. The predicted octanol–water partition coefficient (Wildman–Crippen LogP) is 4.65. The van der Waals surface area contributed by atoms with Crippen LogP contribution in [0.4, 0.5) is 27.6 Å². The highest BCUT2D eigenvalue weighted by molar-refractivity contribution is 7.92. The van der Waals surface area contributed by atoms with E-state index >= 15 is 4.39 Å². The van der Waals surface area contributed by atoms with Crippen molar-refractivity contribution in [3.63, 3.8) is 0 Å². The lowest BCUT2D eigenvalue weighted by Gasteiger charge is -2.32. The molecule has 40 heavy (non-hydrogen) atoms. The number of fused-ring (bicyclic) bond motifs is 2. The van der Waals surface area contributed by atoms with Gasteiger partial charge in [0, 0.05) is 40.8 Å². The van der Waals surface area contributed by atoms with Crippen molar-refractivity contribution in [3.8, 4) is 16.9 Å². The number of ether oxygens (including phenoxy) is 1. The summed E-state index contributed by atoms with van der Waals surface area (Å²) in [5.41, 5.74) is 1.59. The van der Waals surface area contributed by atoms with Crippen molar-refractivity contribution in [3.05, 3.63) is 88.9 Å². The number of nitrogens with zero attached hydrogens (tertiary/aromatic N) is 2. The zero-order chi connectivity index (χ0) is 28.3. The van der Waals surface area contributed by atoms with Crippen LogP contribution in [0, 0.1) is 29.1 Å². The van der Waals surface area contributed by atoms with Crippen molar-refractivity contribution < 1.29 is 39.9 Å². The molecule has 3 heterocycles. The molecular formula is C27H18F5N3O4S. The fraction of sp³-hybridized carbons (Fsp3) is 0.185. The average molecular weight is 576 g/mol. The van der Waals surface area contributed by atoms with Crippen LogP contribution in [-0.2, 0) is 9.84 Å². The van der Waals surface area contributed by atoms with Gasteiger partial charge in [0.1, 0.15) is 35.5 Å². The number of carbonyl (C=O) groups is 1. The molecule has 0 atom stereocenters. The normalized spacial score (nSPS) is 16.3. The van der Waals surface area contributed by atoms with Crippen molar-refractivity contribution in [2.75, 3.05) is 29.7 Å². The minimum Gasteiger partial charge on any atom is -0.489 e. The molecule has 13 heteroatoms. The highest BCUT2D eigenvalue weighted by atomic mass is 32.2. The summed E-state index contributed by atoms with van der Waals surface area (Å²) in [7, 11) is -3.40. The van der Waals surface area contributed by atoms with Gasteiger partial charge in [-0.25, -0.2) is 30.4 Å². The summed E-state index contributed by atoms with van der Waals surface area (Å²) in [5, 5.41) is 1.48. The number of hydrazine groups is 1. The lowest BCUT2D eigenvalue weighted by molar-refractivity contribution is 0.0943. The number of hydrogen-bond acceptors (Lipinski definition) is 6. The molecule has 0 unspecified atom stereocenters. The SMILES string of the molecule is O=C(NN1CCOc2ccc(F)cc21)c1cnc2c(-c3cc(F)cc(F)c3F)c(F)ccc2c1C1CS(=O)(=O)C1. The van der Waals surface area contributed by atoms with E-state index in [1.807, 2.05) is 0 Å².